The number of primary sulfonamides is 1. The Kier molecular flexibility index (Phi) is 5.21. The van der Waals surface area contributed by atoms with Crippen LogP contribution in [0.2, 0.25) is 0 Å². The van der Waals surface area contributed by atoms with E-state index in [-0.39, 0.29) is 16.0 Å². The fourth-order valence-electron chi connectivity index (χ4n) is 1.62. The average molecular weight is 304 g/mol. The number of amides is 1. The Hall–Kier alpha value is -1.51. The minimum absolute atomic E-state index is 0.0734. The van der Waals surface area contributed by atoms with Crippen LogP contribution >= 0.6 is 0 Å². The van der Waals surface area contributed by atoms with Gasteiger partial charge in [0.25, 0.3) is 5.91 Å². The van der Waals surface area contributed by atoms with E-state index in [1.54, 1.807) is 0 Å². The second-order valence-corrected chi connectivity index (χ2v) is 5.88. The summed E-state index contributed by atoms with van der Waals surface area (Å²) in [7, 11) is -1.09. The molecule has 112 valence electrons. The lowest BCUT2D eigenvalue weighted by Crippen LogP contribution is -2.30. The number of sulfonamides is 1. The quantitative estimate of drug-likeness (QED) is 0.857. The van der Waals surface area contributed by atoms with E-state index in [0.29, 0.717) is 13.2 Å². The number of halogens is 1. The number of rotatable bonds is 5. The van der Waals surface area contributed by atoms with Crippen LogP contribution in [0.15, 0.2) is 17.0 Å². The third-order valence-corrected chi connectivity index (χ3v) is 3.86. The molecule has 20 heavy (non-hydrogen) atoms. The van der Waals surface area contributed by atoms with Crippen LogP contribution in [0.3, 0.4) is 0 Å². The van der Waals surface area contributed by atoms with Gasteiger partial charge < -0.3 is 9.64 Å². The second kappa shape index (κ2) is 6.29. The van der Waals surface area contributed by atoms with Crippen molar-refractivity contribution >= 4 is 15.9 Å². The zero-order valence-corrected chi connectivity index (χ0v) is 12.3. The van der Waals surface area contributed by atoms with Crippen molar-refractivity contribution in [2.75, 3.05) is 27.3 Å². The van der Waals surface area contributed by atoms with E-state index in [2.05, 4.69) is 0 Å². The second-order valence-electron chi connectivity index (χ2n) is 4.35. The topological polar surface area (TPSA) is 89.7 Å². The van der Waals surface area contributed by atoms with Gasteiger partial charge in [0.05, 0.1) is 11.5 Å². The number of benzene rings is 1. The summed E-state index contributed by atoms with van der Waals surface area (Å²) in [5.41, 5.74) is -0.181. The highest BCUT2D eigenvalue weighted by Gasteiger charge is 2.20. The molecule has 0 atom stereocenters. The number of hydrogen-bond donors (Lipinski definition) is 1. The zero-order valence-electron chi connectivity index (χ0n) is 11.5. The molecule has 0 heterocycles. The molecule has 0 aromatic heterocycles. The van der Waals surface area contributed by atoms with Crippen LogP contribution in [-0.4, -0.2) is 46.5 Å². The van der Waals surface area contributed by atoms with Crippen molar-refractivity contribution in [1.82, 2.24) is 4.90 Å². The first-order chi connectivity index (χ1) is 9.18. The first-order valence-corrected chi connectivity index (χ1v) is 7.30. The highest BCUT2D eigenvalue weighted by atomic mass is 32.2. The van der Waals surface area contributed by atoms with E-state index >= 15 is 0 Å². The van der Waals surface area contributed by atoms with Gasteiger partial charge in [-0.3, -0.25) is 4.79 Å². The lowest BCUT2D eigenvalue weighted by molar-refractivity contribution is 0.0743. The van der Waals surface area contributed by atoms with Crippen LogP contribution in [0.25, 0.3) is 0 Å². The molecule has 0 saturated carbocycles. The van der Waals surface area contributed by atoms with Crippen LogP contribution < -0.4 is 5.14 Å². The minimum Gasteiger partial charge on any atom is -0.383 e. The molecule has 1 rings (SSSR count). The van der Waals surface area contributed by atoms with E-state index in [0.717, 1.165) is 12.1 Å². The number of likely N-dealkylation sites (N-methyl/N-ethyl adjacent to an activating group) is 1. The van der Waals surface area contributed by atoms with Crippen molar-refractivity contribution in [3.05, 3.63) is 29.1 Å². The summed E-state index contributed by atoms with van der Waals surface area (Å²) in [6, 6.07) is 2.08. The Bertz CT molecular complexity index is 616. The number of nitrogens with zero attached hydrogens (tertiary/aromatic N) is 1. The fraction of sp³-hybridized carbons (Fsp3) is 0.417. The molecule has 0 radical (unpaired) electrons. The van der Waals surface area contributed by atoms with E-state index in [1.807, 2.05) is 0 Å². The SMILES string of the molecule is COCCN(C)C(=O)c1cc(F)c(C)c(S(N)(=O)=O)c1. The van der Waals surface area contributed by atoms with Crippen LogP contribution in [-0.2, 0) is 14.8 Å². The molecule has 0 fully saturated rings. The molecule has 2 N–H and O–H groups in total. The van der Waals surface area contributed by atoms with Gasteiger partial charge in [0.15, 0.2) is 0 Å². The van der Waals surface area contributed by atoms with Gasteiger partial charge in [0.2, 0.25) is 10.0 Å². The molecule has 6 nitrogen and oxygen atoms in total. The van der Waals surface area contributed by atoms with Crippen molar-refractivity contribution < 1.29 is 22.3 Å². The van der Waals surface area contributed by atoms with Crippen molar-refractivity contribution in [1.29, 1.82) is 0 Å². The Labute approximate surface area is 117 Å². The standard InChI is InChI=1S/C12H17FN2O4S/c1-8-10(13)6-9(7-11(8)20(14,17)18)12(16)15(2)4-5-19-3/h6-7H,4-5H2,1-3H3,(H2,14,17,18). The molecule has 0 aliphatic heterocycles. The number of nitrogens with two attached hydrogens (primary N) is 1. The summed E-state index contributed by atoms with van der Waals surface area (Å²) in [4.78, 5) is 13.0. The molecule has 0 saturated heterocycles. The Balaban J connectivity index is 3.21. The lowest BCUT2D eigenvalue weighted by atomic mass is 10.1. The van der Waals surface area contributed by atoms with Gasteiger partial charge in [-0.1, -0.05) is 0 Å². The largest absolute Gasteiger partial charge is 0.383 e. The van der Waals surface area contributed by atoms with Crippen LogP contribution in [0.1, 0.15) is 15.9 Å². The molecule has 8 heteroatoms. The van der Waals surface area contributed by atoms with Crippen molar-refractivity contribution in [3.63, 3.8) is 0 Å². The minimum atomic E-state index is -4.09. The van der Waals surface area contributed by atoms with E-state index in [9.17, 15) is 17.6 Å². The summed E-state index contributed by atoms with van der Waals surface area (Å²) in [6.07, 6.45) is 0. The molecule has 1 aromatic rings. The third-order valence-electron chi connectivity index (χ3n) is 2.83. The maximum atomic E-state index is 13.7. The number of carbonyl (C=O) groups is 1. The number of methoxy groups -OCH3 is 1. The molecule has 0 aliphatic carbocycles. The first kappa shape index (κ1) is 16.5. The van der Waals surface area contributed by atoms with E-state index in [1.165, 1.54) is 26.0 Å². The first-order valence-electron chi connectivity index (χ1n) is 5.75. The molecule has 0 bridgehead atoms. The van der Waals surface area contributed by atoms with Gasteiger partial charge in [-0.2, -0.15) is 0 Å². The maximum absolute atomic E-state index is 13.7. The monoisotopic (exact) mass is 304 g/mol. The van der Waals surface area contributed by atoms with Gasteiger partial charge >= 0.3 is 0 Å². The number of hydrogen-bond acceptors (Lipinski definition) is 4. The maximum Gasteiger partial charge on any atom is 0.253 e. The third kappa shape index (κ3) is 3.75. The average Bonchev–Trinajstić information content (AvgIpc) is 2.36. The highest BCUT2D eigenvalue weighted by molar-refractivity contribution is 7.89. The molecule has 1 aromatic carbocycles. The number of carbonyl (C=O) groups excluding carboxylic acids is 1. The van der Waals surface area contributed by atoms with Crippen LogP contribution in [0, 0.1) is 12.7 Å². The summed E-state index contributed by atoms with van der Waals surface area (Å²) in [5, 5.41) is 5.01. The molecule has 0 unspecified atom stereocenters. The van der Waals surface area contributed by atoms with Gasteiger partial charge in [-0.25, -0.2) is 17.9 Å². The summed E-state index contributed by atoms with van der Waals surface area (Å²) >= 11 is 0. The van der Waals surface area contributed by atoms with Crippen LogP contribution in [0.4, 0.5) is 4.39 Å². The summed E-state index contributed by atoms with van der Waals surface area (Å²) in [5.74, 6) is -1.30. The molecule has 0 spiro atoms. The van der Waals surface area contributed by atoms with Gasteiger partial charge in [0.1, 0.15) is 5.82 Å². The summed E-state index contributed by atoms with van der Waals surface area (Å²) in [6.45, 7) is 1.91. The predicted molar refractivity (Wildman–Crippen MR) is 71.3 cm³/mol. The Morgan fingerprint density at radius 2 is 2.05 bits per heavy atom. The lowest BCUT2D eigenvalue weighted by Gasteiger charge is -2.17. The molecule has 0 aliphatic rings. The smallest absolute Gasteiger partial charge is 0.253 e. The van der Waals surface area contributed by atoms with Crippen molar-refractivity contribution in [2.24, 2.45) is 5.14 Å². The fourth-order valence-corrected chi connectivity index (χ4v) is 2.44. The van der Waals surface area contributed by atoms with Crippen molar-refractivity contribution in [3.8, 4) is 0 Å². The molecular formula is C12H17FN2O4S. The predicted octanol–water partition coefficient (Wildman–Crippen LogP) is 0.500. The highest BCUT2D eigenvalue weighted by Crippen LogP contribution is 2.20. The Morgan fingerprint density at radius 1 is 1.45 bits per heavy atom. The van der Waals surface area contributed by atoms with Gasteiger partial charge in [-0.15, -0.1) is 0 Å². The molecule has 1 amide bonds. The van der Waals surface area contributed by atoms with Gasteiger partial charge in [0, 0.05) is 31.8 Å². The summed E-state index contributed by atoms with van der Waals surface area (Å²) < 4.78 is 41.3. The zero-order chi connectivity index (χ0) is 15.5. The molecular weight excluding hydrogens is 287 g/mol. The van der Waals surface area contributed by atoms with Crippen LogP contribution in [0.5, 0.6) is 0 Å². The van der Waals surface area contributed by atoms with Gasteiger partial charge in [-0.05, 0) is 19.1 Å². The number of ether oxygens (including phenoxy) is 1. The Morgan fingerprint density at radius 3 is 2.55 bits per heavy atom. The van der Waals surface area contributed by atoms with Crippen molar-refractivity contribution in [2.45, 2.75) is 11.8 Å². The van der Waals surface area contributed by atoms with E-state index < -0.39 is 21.7 Å². The van der Waals surface area contributed by atoms with E-state index in [4.69, 9.17) is 9.88 Å². The normalized spacial score (nSPS) is 11.4.